The molecule has 1 aliphatic rings. The molecule has 1 N–H and O–H groups in total. The lowest BCUT2D eigenvalue weighted by molar-refractivity contribution is -0.140. The highest BCUT2D eigenvalue weighted by molar-refractivity contribution is 6.46. The molecule has 7 heteroatoms. The number of ketones is 1. The molecule has 1 aromatic carbocycles. The van der Waals surface area contributed by atoms with Crippen LogP contribution in [0.15, 0.2) is 48.3 Å². The van der Waals surface area contributed by atoms with Crippen LogP contribution in [0, 0.1) is 6.92 Å². The van der Waals surface area contributed by atoms with Crippen molar-refractivity contribution in [3.63, 3.8) is 0 Å². The van der Waals surface area contributed by atoms with E-state index in [1.165, 1.54) is 12.0 Å². The molecule has 0 radical (unpaired) electrons. The van der Waals surface area contributed by atoms with Gasteiger partial charge in [0.05, 0.1) is 37.0 Å². The average molecular weight is 410 g/mol. The molecule has 0 saturated carbocycles. The van der Waals surface area contributed by atoms with E-state index in [1.54, 1.807) is 36.7 Å². The number of nitrogens with zero attached hydrogens (tertiary/aromatic N) is 2. The second-order valence-corrected chi connectivity index (χ2v) is 7.40. The van der Waals surface area contributed by atoms with Crippen LogP contribution in [0.2, 0.25) is 0 Å². The molecule has 2 heterocycles. The minimum Gasteiger partial charge on any atom is -0.507 e. The summed E-state index contributed by atoms with van der Waals surface area (Å²) in [5, 5.41) is 11.2. The maximum absolute atomic E-state index is 13.0. The summed E-state index contributed by atoms with van der Waals surface area (Å²) in [6.07, 6.45) is 3.18. The Kier molecular flexibility index (Phi) is 6.52. The summed E-state index contributed by atoms with van der Waals surface area (Å²) < 4.78 is 11.0. The first kappa shape index (κ1) is 21.5. The number of aryl methyl sites for hydroxylation is 1. The predicted molar refractivity (Wildman–Crippen MR) is 112 cm³/mol. The molecule has 7 nitrogen and oxygen atoms in total. The lowest BCUT2D eigenvalue weighted by atomic mass is 9.95. The van der Waals surface area contributed by atoms with Crippen LogP contribution in [0.1, 0.15) is 36.6 Å². The van der Waals surface area contributed by atoms with E-state index in [0.717, 1.165) is 5.56 Å². The number of aromatic nitrogens is 1. The minimum atomic E-state index is -0.742. The molecular formula is C23H26N2O5. The van der Waals surface area contributed by atoms with Gasteiger partial charge in [0.1, 0.15) is 11.5 Å². The number of carbonyl (C=O) groups excluding carboxylic acids is 2. The van der Waals surface area contributed by atoms with Gasteiger partial charge in [-0.1, -0.05) is 11.6 Å². The number of carbonyl (C=O) groups is 2. The van der Waals surface area contributed by atoms with Gasteiger partial charge in [-0.3, -0.25) is 14.6 Å². The normalized spacial score (nSPS) is 18.3. The van der Waals surface area contributed by atoms with Gasteiger partial charge in [-0.2, -0.15) is 0 Å². The maximum Gasteiger partial charge on any atom is 0.295 e. The van der Waals surface area contributed by atoms with E-state index in [2.05, 4.69) is 4.98 Å². The highest BCUT2D eigenvalue weighted by atomic mass is 16.5. The topological polar surface area (TPSA) is 89.0 Å². The van der Waals surface area contributed by atoms with Crippen LogP contribution in [0.4, 0.5) is 0 Å². The molecule has 1 saturated heterocycles. The number of ether oxygens (including phenoxy) is 2. The third kappa shape index (κ3) is 4.21. The first-order chi connectivity index (χ1) is 14.3. The zero-order valence-electron chi connectivity index (χ0n) is 17.6. The number of benzene rings is 1. The number of aliphatic hydroxyl groups is 1. The van der Waals surface area contributed by atoms with Crippen LogP contribution in [-0.4, -0.2) is 53.0 Å². The van der Waals surface area contributed by atoms with Crippen molar-refractivity contribution >= 4 is 17.4 Å². The molecule has 30 heavy (non-hydrogen) atoms. The highest BCUT2D eigenvalue weighted by Gasteiger charge is 2.46. The van der Waals surface area contributed by atoms with Crippen molar-refractivity contribution in [3.05, 3.63) is 65.0 Å². The third-order valence-corrected chi connectivity index (χ3v) is 4.96. The van der Waals surface area contributed by atoms with Gasteiger partial charge >= 0.3 is 0 Å². The van der Waals surface area contributed by atoms with E-state index in [9.17, 15) is 14.7 Å². The van der Waals surface area contributed by atoms with E-state index in [1.807, 2.05) is 26.8 Å². The van der Waals surface area contributed by atoms with Crippen molar-refractivity contribution in [2.24, 2.45) is 0 Å². The molecule has 1 aromatic heterocycles. The Balaban J connectivity index is 2.13. The van der Waals surface area contributed by atoms with Crippen molar-refractivity contribution in [2.45, 2.75) is 32.9 Å². The Labute approximate surface area is 175 Å². The molecular weight excluding hydrogens is 384 g/mol. The van der Waals surface area contributed by atoms with E-state index < -0.39 is 17.7 Å². The summed E-state index contributed by atoms with van der Waals surface area (Å²) in [4.78, 5) is 31.3. The molecule has 1 atom stereocenters. The maximum atomic E-state index is 13.0. The summed E-state index contributed by atoms with van der Waals surface area (Å²) in [5.74, 6) is -1.25. The van der Waals surface area contributed by atoms with Crippen LogP contribution < -0.4 is 4.74 Å². The number of hydrogen-bond acceptors (Lipinski definition) is 6. The van der Waals surface area contributed by atoms with Gasteiger partial charge in [0.25, 0.3) is 11.7 Å². The second kappa shape index (κ2) is 9.09. The number of pyridine rings is 1. The van der Waals surface area contributed by atoms with Crippen molar-refractivity contribution in [2.75, 3.05) is 20.3 Å². The van der Waals surface area contributed by atoms with E-state index in [4.69, 9.17) is 9.47 Å². The number of amides is 1. The Morgan fingerprint density at radius 1 is 1.20 bits per heavy atom. The van der Waals surface area contributed by atoms with Crippen molar-refractivity contribution in [1.82, 2.24) is 9.88 Å². The Morgan fingerprint density at radius 2 is 1.90 bits per heavy atom. The summed E-state index contributed by atoms with van der Waals surface area (Å²) in [6, 6.07) is 8.01. The molecule has 0 aliphatic carbocycles. The number of methoxy groups -OCH3 is 1. The molecule has 0 spiro atoms. The smallest absolute Gasteiger partial charge is 0.295 e. The monoisotopic (exact) mass is 410 g/mol. The summed E-state index contributed by atoms with van der Waals surface area (Å²) in [6.45, 7) is 6.17. The van der Waals surface area contributed by atoms with Gasteiger partial charge in [-0.05, 0) is 50.6 Å². The van der Waals surface area contributed by atoms with E-state index in [-0.39, 0.29) is 30.6 Å². The van der Waals surface area contributed by atoms with Crippen molar-refractivity contribution < 1.29 is 24.2 Å². The molecule has 2 aromatic rings. The molecule has 3 rings (SSSR count). The molecule has 1 unspecified atom stereocenters. The minimum absolute atomic E-state index is 0.00208. The summed E-state index contributed by atoms with van der Waals surface area (Å²) >= 11 is 0. The highest BCUT2D eigenvalue weighted by Crippen LogP contribution is 2.40. The summed E-state index contributed by atoms with van der Waals surface area (Å²) in [5.41, 5.74) is 1.96. The number of hydrogen-bond donors (Lipinski definition) is 1. The van der Waals surface area contributed by atoms with Gasteiger partial charge in [0, 0.05) is 18.9 Å². The standard InChI is InChI=1S/C23H26N2O5/c1-14(2)30-12-11-25-20(16-7-9-24-10-8-16)19(22(27)23(25)28)21(26)17-13-15(3)5-6-18(17)29-4/h5-10,13-14,20,26H,11-12H2,1-4H3/b21-19+. The lowest BCUT2D eigenvalue weighted by Gasteiger charge is -2.25. The van der Waals surface area contributed by atoms with Gasteiger partial charge in [-0.25, -0.2) is 0 Å². The number of aliphatic hydroxyl groups excluding tert-OH is 1. The Bertz CT molecular complexity index is 969. The van der Waals surface area contributed by atoms with Crippen LogP contribution in [0.3, 0.4) is 0 Å². The van der Waals surface area contributed by atoms with Crippen molar-refractivity contribution in [3.8, 4) is 5.75 Å². The van der Waals surface area contributed by atoms with Crippen LogP contribution in [0.25, 0.3) is 5.76 Å². The van der Waals surface area contributed by atoms with Gasteiger partial charge < -0.3 is 19.5 Å². The van der Waals surface area contributed by atoms with Crippen LogP contribution in [-0.2, 0) is 14.3 Å². The fraction of sp³-hybridized carbons (Fsp3) is 0.348. The quantitative estimate of drug-likeness (QED) is 0.428. The van der Waals surface area contributed by atoms with Crippen molar-refractivity contribution in [1.29, 1.82) is 0 Å². The van der Waals surface area contributed by atoms with E-state index in [0.29, 0.717) is 16.9 Å². The predicted octanol–water partition coefficient (Wildman–Crippen LogP) is 3.25. The first-order valence-electron chi connectivity index (χ1n) is 9.80. The molecule has 158 valence electrons. The number of Topliss-reactive ketones (excluding diaryl/α,β-unsaturated/α-hetero) is 1. The number of rotatable bonds is 7. The Morgan fingerprint density at radius 3 is 2.53 bits per heavy atom. The largest absolute Gasteiger partial charge is 0.507 e. The number of likely N-dealkylation sites (tertiary alicyclic amines) is 1. The van der Waals surface area contributed by atoms with Crippen LogP contribution >= 0.6 is 0 Å². The fourth-order valence-electron chi connectivity index (χ4n) is 3.54. The lowest BCUT2D eigenvalue weighted by Crippen LogP contribution is -2.33. The average Bonchev–Trinajstić information content (AvgIpc) is 2.98. The molecule has 1 fully saturated rings. The fourth-order valence-corrected chi connectivity index (χ4v) is 3.54. The third-order valence-electron chi connectivity index (χ3n) is 4.96. The summed E-state index contributed by atoms with van der Waals surface area (Å²) in [7, 11) is 1.49. The van der Waals surface area contributed by atoms with Gasteiger partial charge in [0.15, 0.2) is 0 Å². The zero-order chi connectivity index (χ0) is 21.8. The second-order valence-electron chi connectivity index (χ2n) is 7.40. The SMILES string of the molecule is COc1ccc(C)cc1/C(O)=C1\C(=O)C(=O)N(CCOC(C)C)C1c1ccncc1. The molecule has 1 amide bonds. The Hall–Kier alpha value is -3.19. The zero-order valence-corrected chi connectivity index (χ0v) is 17.6. The van der Waals surface area contributed by atoms with Gasteiger partial charge in [0.2, 0.25) is 0 Å². The van der Waals surface area contributed by atoms with E-state index >= 15 is 0 Å². The first-order valence-corrected chi connectivity index (χ1v) is 9.80. The molecule has 0 bridgehead atoms. The molecule has 1 aliphatic heterocycles. The van der Waals surface area contributed by atoms with Crippen LogP contribution in [0.5, 0.6) is 5.75 Å². The van der Waals surface area contributed by atoms with Gasteiger partial charge in [-0.15, -0.1) is 0 Å².